The molecule has 2 fully saturated rings. The van der Waals surface area contributed by atoms with Crippen LogP contribution in [0.5, 0.6) is 0 Å². The van der Waals surface area contributed by atoms with Gasteiger partial charge in [-0.15, -0.1) is 0 Å². The maximum Gasteiger partial charge on any atom is 0.220 e. The number of unbranched alkanes of at least 4 members (excludes halogenated alkanes) is 3. The van der Waals surface area contributed by atoms with E-state index in [0.29, 0.717) is 25.2 Å². The van der Waals surface area contributed by atoms with E-state index in [1.165, 1.54) is 5.56 Å². The van der Waals surface area contributed by atoms with E-state index in [0.717, 1.165) is 44.9 Å². The second kappa shape index (κ2) is 13.8. The molecule has 0 aliphatic heterocycles. The molecule has 0 spiro atoms. The van der Waals surface area contributed by atoms with Gasteiger partial charge in [-0.1, -0.05) is 80.8 Å². The Balaban J connectivity index is 1.33. The Morgan fingerprint density at radius 2 is 1.88 bits per heavy atom. The Bertz CT molecular complexity index is 793. The van der Waals surface area contributed by atoms with Gasteiger partial charge in [-0.2, -0.15) is 0 Å². The summed E-state index contributed by atoms with van der Waals surface area (Å²) in [6.07, 6.45) is 14.4. The van der Waals surface area contributed by atoms with Crippen LogP contribution in [0, 0.1) is 11.8 Å². The van der Waals surface area contributed by atoms with Gasteiger partial charge < -0.3 is 20.6 Å². The van der Waals surface area contributed by atoms with Gasteiger partial charge in [0.05, 0.1) is 18.3 Å². The molecule has 1 amide bonds. The number of benzene rings is 1. The molecule has 7 atom stereocenters. The van der Waals surface area contributed by atoms with Crippen LogP contribution in [0.3, 0.4) is 0 Å². The zero-order valence-electron chi connectivity index (χ0n) is 20.6. The van der Waals surface area contributed by atoms with Crippen LogP contribution in [0.15, 0.2) is 54.6 Å². The summed E-state index contributed by atoms with van der Waals surface area (Å²) in [5, 5.41) is 34.0. The fourth-order valence-electron chi connectivity index (χ4n) is 5.12. The number of carbonyl (C=O) groups excluding carboxylic acids is 1. The quantitative estimate of drug-likeness (QED) is 0.236. The number of amides is 1. The fourth-order valence-corrected chi connectivity index (χ4v) is 5.12. The maximum atomic E-state index is 12.2. The van der Waals surface area contributed by atoms with E-state index < -0.39 is 18.3 Å². The number of carbonyl (C=O) groups is 1. The number of rotatable bonds is 14. The lowest BCUT2D eigenvalue weighted by atomic mass is 9.89. The SMILES string of the molecule is CCCCC[C@H](O)/C=C/[C@@H]1[C@@H](C/C=C\CCCC(=O)NC2CC2c2ccccc2)[C@@H](O)C[C@H]1O. The molecule has 0 bridgehead atoms. The molecule has 0 radical (unpaired) electrons. The van der Waals surface area contributed by atoms with Gasteiger partial charge in [-0.25, -0.2) is 0 Å². The predicted octanol–water partition coefficient (Wildman–Crippen LogP) is 4.63. The van der Waals surface area contributed by atoms with E-state index in [-0.39, 0.29) is 23.8 Å². The summed E-state index contributed by atoms with van der Waals surface area (Å²) >= 11 is 0. The summed E-state index contributed by atoms with van der Waals surface area (Å²) in [5.74, 6) is 0.396. The van der Waals surface area contributed by atoms with Crippen molar-refractivity contribution in [3.8, 4) is 0 Å². The Morgan fingerprint density at radius 3 is 2.65 bits per heavy atom. The Morgan fingerprint density at radius 1 is 1.09 bits per heavy atom. The zero-order chi connectivity index (χ0) is 24.3. The van der Waals surface area contributed by atoms with Crippen molar-refractivity contribution in [2.75, 3.05) is 0 Å². The number of hydrogen-bond acceptors (Lipinski definition) is 4. The van der Waals surface area contributed by atoms with Crippen LogP contribution in [-0.2, 0) is 4.79 Å². The van der Waals surface area contributed by atoms with E-state index in [2.05, 4.69) is 36.5 Å². The van der Waals surface area contributed by atoms with Gasteiger partial charge in [0.1, 0.15) is 0 Å². The Hall–Kier alpha value is -1.95. The van der Waals surface area contributed by atoms with Crippen LogP contribution in [0.2, 0.25) is 0 Å². The van der Waals surface area contributed by atoms with Crippen LogP contribution < -0.4 is 5.32 Å². The summed E-state index contributed by atoms with van der Waals surface area (Å²) in [6.45, 7) is 2.14. The maximum absolute atomic E-state index is 12.2. The van der Waals surface area contributed by atoms with Crippen molar-refractivity contribution in [1.82, 2.24) is 5.32 Å². The van der Waals surface area contributed by atoms with Crippen LogP contribution >= 0.6 is 0 Å². The first-order chi connectivity index (χ1) is 16.5. The topological polar surface area (TPSA) is 89.8 Å². The third kappa shape index (κ3) is 8.37. The van der Waals surface area contributed by atoms with Crippen molar-refractivity contribution in [3.05, 3.63) is 60.2 Å². The van der Waals surface area contributed by atoms with Crippen molar-refractivity contribution in [2.45, 2.75) is 101 Å². The van der Waals surface area contributed by atoms with Crippen molar-refractivity contribution in [1.29, 1.82) is 0 Å². The molecule has 5 nitrogen and oxygen atoms in total. The molecule has 2 aliphatic carbocycles. The monoisotopic (exact) mass is 469 g/mol. The van der Waals surface area contributed by atoms with Crippen LogP contribution in [-0.4, -0.2) is 45.6 Å². The molecular formula is C29H43NO4. The van der Waals surface area contributed by atoms with E-state index in [4.69, 9.17) is 0 Å². The smallest absolute Gasteiger partial charge is 0.220 e. The van der Waals surface area contributed by atoms with Crippen molar-refractivity contribution in [2.24, 2.45) is 11.8 Å². The molecule has 4 N–H and O–H groups in total. The molecule has 0 saturated heterocycles. The highest BCUT2D eigenvalue weighted by Crippen LogP contribution is 2.40. The van der Waals surface area contributed by atoms with Gasteiger partial charge in [0.25, 0.3) is 0 Å². The molecule has 2 aliphatic rings. The minimum atomic E-state index is -0.571. The van der Waals surface area contributed by atoms with Gasteiger partial charge in [0, 0.05) is 30.7 Å². The summed E-state index contributed by atoms with van der Waals surface area (Å²) in [5.41, 5.74) is 1.30. The second-order valence-corrected chi connectivity index (χ2v) is 10.1. The Labute approximate surface area is 205 Å². The van der Waals surface area contributed by atoms with Crippen LogP contribution in [0.1, 0.15) is 82.6 Å². The lowest BCUT2D eigenvalue weighted by Crippen LogP contribution is -2.26. The molecule has 34 heavy (non-hydrogen) atoms. The average Bonchev–Trinajstić information content (AvgIpc) is 3.53. The molecule has 0 heterocycles. The van der Waals surface area contributed by atoms with Gasteiger partial charge in [-0.3, -0.25) is 4.79 Å². The highest BCUT2D eigenvalue weighted by atomic mass is 16.3. The number of hydrogen-bond donors (Lipinski definition) is 4. The van der Waals surface area contributed by atoms with Crippen LogP contribution in [0.25, 0.3) is 0 Å². The van der Waals surface area contributed by atoms with Gasteiger partial charge >= 0.3 is 0 Å². The fraction of sp³-hybridized carbons (Fsp3) is 0.621. The summed E-state index contributed by atoms with van der Waals surface area (Å²) < 4.78 is 0. The van der Waals surface area contributed by atoms with Crippen molar-refractivity contribution >= 4 is 5.91 Å². The van der Waals surface area contributed by atoms with E-state index in [9.17, 15) is 20.1 Å². The van der Waals surface area contributed by atoms with Gasteiger partial charge in [0.15, 0.2) is 0 Å². The van der Waals surface area contributed by atoms with Crippen molar-refractivity contribution < 1.29 is 20.1 Å². The highest BCUT2D eigenvalue weighted by Gasteiger charge is 2.40. The lowest BCUT2D eigenvalue weighted by Gasteiger charge is -2.19. The second-order valence-electron chi connectivity index (χ2n) is 10.1. The zero-order valence-corrected chi connectivity index (χ0v) is 20.6. The molecular weight excluding hydrogens is 426 g/mol. The van der Waals surface area contributed by atoms with E-state index in [1.807, 2.05) is 24.3 Å². The van der Waals surface area contributed by atoms with Gasteiger partial charge in [0.2, 0.25) is 5.91 Å². The van der Waals surface area contributed by atoms with Crippen LogP contribution in [0.4, 0.5) is 0 Å². The lowest BCUT2D eigenvalue weighted by molar-refractivity contribution is -0.121. The number of allylic oxidation sites excluding steroid dienone is 2. The predicted molar refractivity (Wildman–Crippen MR) is 136 cm³/mol. The standard InChI is InChI=1S/C29H43NO4/c1-2-3-7-14-22(31)17-18-24-23(27(32)20-28(24)33)15-10-4-5-11-16-29(34)30-26-19-25(26)21-12-8-6-9-13-21/h4,6,8-10,12-13,17-18,22-28,31-33H,2-3,5,7,11,14-16,19-20H2,1H3,(H,30,34)/b10-4-,18-17+/t22-,23+,24+,25?,26?,27-,28+/m0/s1. The summed E-state index contributed by atoms with van der Waals surface area (Å²) in [6, 6.07) is 10.6. The molecule has 3 rings (SSSR count). The number of nitrogens with one attached hydrogen (secondary N) is 1. The largest absolute Gasteiger partial charge is 0.393 e. The summed E-state index contributed by atoms with van der Waals surface area (Å²) in [4.78, 5) is 12.2. The molecule has 188 valence electrons. The highest BCUT2D eigenvalue weighted by molar-refractivity contribution is 5.76. The third-order valence-corrected chi connectivity index (χ3v) is 7.29. The molecule has 2 saturated carbocycles. The van der Waals surface area contributed by atoms with Gasteiger partial charge in [-0.05, 0) is 43.6 Å². The third-order valence-electron chi connectivity index (χ3n) is 7.29. The minimum absolute atomic E-state index is 0.0431. The number of aliphatic hydroxyl groups is 3. The first kappa shape index (κ1) is 26.7. The average molecular weight is 470 g/mol. The molecule has 1 aromatic carbocycles. The Kier molecular flexibility index (Phi) is 10.8. The van der Waals surface area contributed by atoms with E-state index in [1.54, 1.807) is 6.08 Å². The minimum Gasteiger partial charge on any atom is -0.393 e. The molecule has 1 aromatic rings. The molecule has 2 unspecified atom stereocenters. The first-order valence-electron chi connectivity index (χ1n) is 13.2. The van der Waals surface area contributed by atoms with Crippen molar-refractivity contribution in [3.63, 3.8) is 0 Å². The van der Waals surface area contributed by atoms with E-state index >= 15 is 0 Å². The normalized spacial score (nSPS) is 29.6. The first-order valence-corrected chi connectivity index (χ1v) is 13.2. The molecule has 5 heteroatoms. The summed E-state index contributed by atoms with van der Waals surface area (Å²) in [7, 11) is 0. The molecule has 0 aromatic heterocycles. The number of aliphatic hydroxyl groups excluding tert-OH is 3.